The molecule has 0 spiro atoms. The van der Waals surface area contributed by atoms with E-state index in [2.05, 4.69) is 43.5 Å². The summed E-state index contributed by atoms with van der Waals surface area (Å²) in [6.07, 6.45) is 60.1. The smallest absolute Gasteiger partial charge is 0.305 e. The molecule has 60 heavy (non-hydrogen) atoms. The van der Waals surface area contributed by atoms with Gasteiger partial charge < -0.3 is 20.3 Å². The van der Waals surface area contributed by atoms with E-state index in [9.17, 15) is 19.8 Å². The van der Waals surface area contributed by atoms with Gasteiger partial charge in [-0.25, -0.2) is 0 Å². The second kappa shape index (κ2) is 49.7. The van der Waals surface area contributed by atoms with Crippen LogP contribution in [0.2, 0.25) is 0 Å². The standard InChI is InChI=1S/C54H101NO5/c1-3-5-7-9-11-13-15-28-32-36-40-44-48-54(59)60-49-45-41-37-33-29-26-24-22-20-18-16-17-19-21-23-25-27-31-35-39-43-47-53(58)55-51(50-56)52(57)46-42-38-34-30-14-12-10-8-6-4-2/h11,13,17,19,42,46,51-52,56-57H,3-10,12,14-16,18,20-41,43-45,47-50H2,1-2H3,(H,55,58)/b13-11-,19-17-,46-42+. The second-order valence-corrected chi connectivity index (χ2v) is 17.8. The molecule has 0 fully saturated rings. The first-order chi connectivity index (χ1) is 29.5. The normalized spacial score (nSPS) is 12.9. The molecule has 1 amide bonds. The van der Waals surface area contributed by atoms with Crippen molar-refractivity contribution in [1.82, 2.24) is 5.32 Å². The van der Waals surface area contributed by atoms with Gasteiger partial charge in [-0.2, -0.15) is 0 Å². The van der Waals surface area contributed by atoms with Crippen LogP contribution < -0.4 is 5.32 Å². The topological polar surface area (TPSA) is 95.9 Å². The molecule has 0 bridgehead atoms. The van der Waals surface area contributed by atoms with E-state index >= 15 is 0 Å². The van der Waals surface area contributed by atoms with Gasteiger partial charge in [0.25, 0.3) is 0 Å². The van der Waals surface area contributed by atoms with Crippen molar-refractivity contribution in [1.29, 1.82) is 0 Å². The third-order valence-corrected chi connectivity index (χ3v) is 11.9. The quantitative estimate of drug-likeness (QED) is 0.0322. The molecule has 0 aliphatic rings. The minimum Gasteiger partial charge on any atom is -0.466 e. The average molecular weight is 844 g/mol. The molecule has 2 unspecified atom stereocenters. The fourth-order valence-electron chi connectivity index (χ4n) is 7.80. The van der Waals surface area contributed by atoms with Gasteiger partial charge in [-0.15, -0.1) is 0 Å². The van der Waals surface area contributed by atoms with Crippen LogP contribution in [0.15, 0.2) is 36.5 Å². The van der Waals surface area contributed by atoms with E-state index in [1.54, 1.807) is 6.08 Å². The van der Waals surface area contributed by atoms with Gasteiger partial charge in [0.2, 0.25) is 5.91 Å². The van der Waals surface area contributed by atoms with E-state index in [0.717, 1.165) is 51.4 Å². The van der Waals surface area contributed by atoms with Gasteiger partial charge in [0.05, 0.1) is 25.4 Å². The Morgan fingerprint density at radius 2 is 0.783 bits per heavy atom. The summed E-state index contributed by atoms with van der Waals surface area (Å²) < 4.78 is 5.45. The molecule has 0 saturated carbocycles. The maximum Gasteiger partial charge on any atom is 0.305 e. The number of rotatable bonds is 48. The molecule has 0 saturated heterocycles. The first-order valence-corrected chi connectivity index (χ1v) is 26.3. The number of aliphatic hydroxyl groups is 2. The van der Waals surface area contributed by atoms with Gasteiger partial charge in [-0.1, -0.05) is 211 Å². The lowest BCUT2D eigenvalue weighted by molar-refractivity contribution is -0.143. The zero-order valence-corrected chi connectivity index (χ0v) is 39.9. The van der Waals surface area contributed by atoms with Crippen molar-refractivity contribution in [3.63, 3.8) is 0 Å². The lowest BCUT2D eigenvalue weighted by Gasteiger charge is -2.20. The van der Waals surface area contributed by atoms with Crippen LogP contribution in [0.3, 0.4) is 0 Å². The Kier molecular flexibility index (Phi) is 48.1. The van der Waals surface area contributed by atoms with Crippen molar-refractivity contribution in [3.05, 3.63) is 36.5 Å². The molecule has 0 aromatic rings. The molecule has 0 aliphatic carbocycles. The van der Waals surface area contributed by atoms with Gasteiger partial charge in [-0.05, 0) is 83.5 Å². The number of allylic oxidation sites excluding steroid dienone is 5. The molecule has 0 aromatic carbocycles. The van der Waals surface area contributed by atoms with Crippen molar-refractivity contribution < 1.29 is 24.5 Å². The number of carbonyl (C=O) groups is 2. The molecule has 352 valence electrons. The SMILES string of the molecule is CCCCC/C=C\CCCCCCCC(=O)OCCCCCCCCCCCC/C=C\CCCCCCCCCC(=O)NC(CO)C(O)/C=C/CCCCCCCCCC. The van der Waals surface area contributed by atoms with Gasteiger partial charge in [0.1, 0.15) is 0 Å². The Labute approximate surface area is 373 Å². The largest absolute Gasteiger partial charge is 0.466 e. The van der Waals surface area contributed by atoms with Crippen LogP contribution in [0.25, 0.3) is 0 Å². The molecule has 2 atom stereocenters. The van der Waals surface area contributed by atoms with Crippen LogP contribution in [0, 0.1) is 0 Å². The first-order valence-electron chi connectivity index (χ1n) is 26.3. The van der Waals surface area contributed by atoms with Crippen LogP contribution in [0.5, 0.6) is 0 Å². The Morgan fingerprint density at radius 1 is 0.450 bits per heavy atom. The first kappa shape index (κ1) is 58.1. The molecule has 0 radical (unpaired) electrons. The average Bonchev–Trinajstić information content (AvgIpc) is 3.25. The van der Waals surface area contributed by atoms with Gasteiger partial charge >= 0.3 is 5.97 Å². The minimum absolute atomic E-state index is 0.00335. The summed E-state index contributed by atoms with van der Waals surface area (Å²) in [5, 5.41) is 22.9. The summed E-state index contributed by atoms with van der Waals surface area (Å²) in [5.74, 6) is -0.0819. The number of unbranched alkanes of at least 4 members (excludes halogenated alkanes) is 33. The summed E-state index contributed by atoms with van der Waals surface area (Å²) >= 11 is 0. The molecule has 0 rings (SSSR count). The summed E-state index contributed by atoms with van der Waals surface area (Å²) in [6.45, 7) is 4.84. The highest BCUT2D eigenvalue weighted by Gasteiger charge is 2.18. The maximum atomic E-state index is 12.4. The lowest BCUT2D eigenvalue weighted by atomic mass is 10.0. The number of ether oxygens (including phenoxy) is 1. The number of nitrogens with one attached hydrogen (secondary N) is 1. The zero-order valence-electron chi connectivity index (χ0n) is 39.9. The molecular weight excluding hydrogens is 743 g/mol. The van der Waals surface area contributed by atoms with E-state index in [1.165, 1.54) is 193 Å². The van der Waals surface area contributed by atoms with E-state index in [0.29, 0.717) is 19.4 Å². The predicted molar refractivity (Wildman–Crippen MR) is 259 cm³/mol. The van der Waals surface area contributed by atoms with E-state index < -0.39 is 12.1 Å². The maximum absolute atomic E-state index is 12.4. The molecule has 0 aromatic heterocycles. The van der Waals surface area contributed by atoms with Crippen LogP contribution in [-0.2, 0) is 14.3 Å². The summed E-state index contributed by atoms with van der Waals surface area (Å²) in [4.78, 5) is 24.4. The van der Waals surface area contributed by atoms with Crippen molar-refractivity contribution in [2.24, 2.45) is 0 Å². The minimum atomic E-state index is -0.847. The summed E-state index contributed by atoms with van der Waals surface area (Å²) in [6, 6.07) is -0.632. The number of esters is 1. The van der Waals surface area contributed by atoms with Gasteiger partial charge in [0.15, 0.2) is 0 Å². The Balaban J connectivity index is 3.44. The fourth-order valence-corrected chi connectivity index (χ4v) is 7.80. The summed E-state index contributed by atoms with van der Waals surface area (Å²) in [7, 11) is 0. The van der Waals surface area contributed by atoms with Crippen molar-refractivity contribution in [2.75, 3.05) is 13.2 Å². The summed E-state index contributed by atoms with van der Waals surface area (Å²) in [5.41, 5.74) is 0. The van der Waals surface area contributed by atoms with Gasteiger partial charge in [0, 0.05) is 12.8 Å². The van der Waals surface area contributed by atoms with Gasteiger partial charge in [-0.3, -0.25) is 9.59 Å². The highest BCUT2D eigenvalue weighted by atomic mass is 16.5. The molecule has 3 N–H and O–H groups in total. The van der Waals surface area contributed by atoms with Crippen LogP contribution in [0.4, 0.5) is 0 Å². The van der Waals surface area contributed by atoms with Crippen molar-refractivity contribution in [2.45, 2.75) is 283 Å². The molecule has 0 aliphatic heterocycles. The number of hydrogen-bond donors (Lipinski definition) is 3. The van der Waals surface area contributed by atoms with Crippen LogP contribution >= 0.6 is 0 Å². The molecular formula is C54H101NO5. The number of carbonyl (C=O) groups excluding carboxylic acids is 2. The van der Waals surface area contributed by atoms with Crippen LogP contribution in [-0.4, -0.2) is 47.4 Å². The highest BCUT2D eigenvalue weighted by Crippen LogP contribution is 2.15. The third kappa shape index (κ3) is 45.6. The number of hydrogen-bond acceptors (Lipinski definition) is 5. The Hall–Kier alpha value is -1.92. The molecule has 6 heteroatoms. The lowest BCUT2D eigenvalue weighted by Crippen LogP contribution is -2.45. The van der Waals surface area contributed by atoms with E-state index in [-0.39, 0.29) is 18.5 Å². The fraction of sp³-hybridized carbons (Fsp3) is 0.852. The van der Waals surface area contributed by atoms with Crippen LogP contribution in [0.1, 0.15) is 271 Å². The number of aliphatic hydroxyl groups excluding tert-OH is 2. The Bertz CT molecular complexity index is 977. The van der Waals surface area contributed by atoms with Crippen molar-refractivity contribution in [3.8, 4) is 0 Å². The highest BCUT2D eigenvalue weighted by molar-refractivity contribution is 5.76. The van der Waals surface area contributed by atoms with E-state index in [4.69, 9.17) is 4.74 Å². The predicted octanol–water partition coefficient (Wildman–Crippen LogP) is 15.7. The Morgan fingerprint density at radius 3 is 1.22 bits per heavy atom. The third-order valence-electron chi connectivity index (χ3n) is 11.9. The molecule has 0 heterocycles. The zero-order chi connectivity index (χ0) is 43.7. The monoisotopic (exact) mass is 844 g/mol. The molecule has 6 nitrogen and oxygen atoms in total. The number of amides is 1. The van der Waals surface area contributed by atoms with Crippen molar-refractivity contribution >= 4 is 11.9 Å². The second-order valence-electron chi connectivity index (χ2n) is 17.8. The van der Waals surface area contributed by atoms with E-state index in [1.807, 2.05) is 6.08 Å².